The van der Waals surface area contributed by atoms with Crippen molar-refractivity contribution in [1.82, 2.24) is 4.98 Å². The number of aromatic nitrogens is 1. The molecule has 3 N–H and O–H groups in total. The van der Waals surface area contributed by atoms with Gasteiger partial charge < -0.3 is 11.1 Å². The van der Waals surface area contributed by atoms with Crippen molar-refractivity contribution in [3.8, 4) is 0 Å². The second-order valence-electron chi connectivity index (χ2n) is 4.28. The Kier molecular flexibility index (Phi) is 3.11. The topological polar surface area (TPSA) is 50.9 Å². The van der Waals surface area contributed by atoms with Gasteiger partial charge in [-0.1, -0.05) is 0 Å². The van der Waals surface area contributed by atoms with Gasteiger partial charge in [-0.25, -0.2) is 4.98 Å². The van der Waals surface area contributed by atoms with Gasteiger partial charge in [0.2, 0.25) is 0 Å². The van der Waals surface area contributed by atoms with Crippen molar-refractivity contribution in [2.45, 2.75) is 18.9 Å². The minimum absolute atomic E-state index is 0.548. The number of thiazole rings is 1. The molecule has 1 fully saturated rings. The van der Waals surface area contributed by atoms with Crippen LogP contribution in [0.3, 0.4) is 0 Å². The Morgan fingerprint density at radius 1 is 1.41 bits per heavy atom. The predicted octanol–water partition coefficient (Wildman–Crippen LogP) is 3.19. The molecule has 0 bridgehead atoms. The highest BCUT2D eigenvalue weighted by atomic mass is 32.2. The number of rotatable bonds is 2. The third-order valence-electron chi connectivity index (χ3n) is 3.06. The highest BCUT2D eigenvalue weighted by Gasteiger charge is 2.15. The van der Waals surface area contributed by atoms with Crippen LogP contribution in [0.25, 0.3) is 10.2 Å². The molecule has 1 aliphatic heterocycles. The SMILES string of the molecule is Nc1c(NC2CCCSC2)ccc2scnc12. The first-order valence-electron chi connectivity index (χ1n) is 5.80. The Morgan fingerprint density at radius 2 is 2.35 bits per heavy atom. The lowest BCUT2D eigenvalue weighted by Crippen LogP contribution is -2.26. The van der Waals surface area contributed by atoms with E-state index in [4.69, 9.17) is 5.73 Å². The standard InChI is InChI=1S/C12H15N3S2/c13-11-9(15-8-2-1-5-16-6-8)3-4-10-12(11)14-7-17-10/h3-4,7-8,15H,1-2,5-6,13H2. The van der Waals surface area contributed by atoms with Gasteiger partial charge in [-0.3, -0.25) is 0 Å². The second kappa shape index (κ2) is 4.74. The predicted molar refractivity (Wildman–Crippen MR) is 78.0 cm³/mol. The van der Waals surface area contributed by atoms with Gasteiger partial charge in [-0.15, -0.1) is 11.3 Å². The molecule has 1 atom stereocenters. The second-order valence-corrected chi connectivity index (χ2v) is 6.32. The number of nitrogens with one attached hydrogen (secondary N) is 1. The van der Waals surface area contributed by atoms with Crippen molar-refractivity contribution in [2.75, 3.05) is 22.6 Å². The molecule has 2 aromatic rings. The molecule has 3 rings (SSSR count). The summed E-state index contributed by atoms with van der Waals surface area (Å²) < 4.78 is 1.16. The number of nitrogens with zero attached hydrogens (tertiary/aromatic N) is 1. The fraction of sp³-hybridized carbons (Fsp3) is 0.417. The molecular weight excluding hydrogens is 250 g/mol. The molecule has 3 nitrogen and oxygen atoms in total. The Morgan fingerprint density at radius 3 is 3.18 bits per heavy atom. The summed E-state index contributed by atoms with van der Waals surface area (Å²) in [4.78, 5) is 4.32. The van der Waals surface area contributed by atoms with Crippen molar-refractivity contribution < 1.29 is 0 Å². The lowest BCUT2D eigenvalue weighted by molar-refractivity contribution is 0.685. The smallest absolute Gasteiger partial charge is 0.106 e. The first-order valence-corrected chi connectivity index (χ1v) is 7.84. The van der Waals surface area contributed by atoms with Gasteiger partial charge >= 0.3 is 0 Å². The molecule has 0 aliphatic carbocycles. The molecule has 1 aromatic heterocycles. The van der Waals surface area contributed by atoms with Crippen LogP contribution in [0.2, 0.25) is 0 Å². The van der Waals surface area contributed by atoms with Crippen molar-refractivity contribution in [1.29, 1.82) is 0 Å². The minimum atomic E-state index is 0.548. The highest BCUT2D eigenvalue weighted by Crippen LogP contribution is 2.31. The fourth-order valence-electron chi connectivity index (χ4n) is 2.15. The number of hydrogen-bond donors (Lipinski definition) is 2. The number of nitrogens with two attached hydrogens (primary N) is 1. The Hall–Kier alpha value is -0.940. The van der Waals surface area contributed by atoms with Crippen molar-refractivity contribution in [3.63, 3.8) is 0 Å². The summed E-state index contributed by atoms with van der Waals surface area (Å²) in [6.07, 6.45) is 2.53. The van der Waals surface area contributed by atoms with Crippen LogP contribution in [0, 0.1) is 0 Å². The molecule has 1 aromatic carbocycles. The summed E-state index contributed by atoms with van der Waals surface area (Å²) >= 11 is 3.65. The van der Waals surface area contributed by atoms with Gasteiger partial charge in [-0.05, 0) is 30.7 Å². The van der Waals surface area contributed by atoms with Crippen LogP contribution in [0.5, 0.6) is 0 Å². The molecule has 17 heavy (non-hydrogen) atoms. The van der Waals surface area contributed by atoms with Crippen LogP contribution in [0.4, 0.5) is 11.4 Å². The van der Waals surface area contributed by atoms with Crippen LogP contribution in [-0.2, 0) is 0 Å². The minimum Gasteiger partial charge on any atom is -0.395 e. The van der Waals surface area contributed by atoms with Crippen LogP contribution >= 0.6 is 23.1 Å². The molecular formula is C12H15N3S2. The van der Waals surface area contributed by atoms with Crippen LogP contribution in [0.1, 0.15) is 12.8 Å². The largest absolute Gasteiger partial charge is 0.395 e. The quantitative estimate of drug-likeness (QED) is 0.819. The van der Waals surface area contributed by atoms with E-state index in [9.17, 15) is 0 Å². The zero-order valence-electron chi connectivity index (χ0n) is 9.48. The summed E-state index contributed by atoms with van der Waals surface area (Å²) in [6.45, 7) is 0. The molecule has 0 amide bonds. The lowest BCUT2D eigenvalue weighted by Gasteiger charge is -2.24. The molecule has 2 heterocycles. The van der Waals surface area contributed by atoms with E-state index in [1.165, 1.54) is 24.3 Å². The number of benzene rings is 1. The van der Waals surface area contributed by atoms with E-state index < -0.39 is 0 Å². The van der Waals surface area contributed by atoms with E-state index in [-0.39, 0.29) is 0 Å². The van der Waals surface area contributed by atoms with E-state index in [0.29, 0.717) is 6.04 Å². The van der Waals surface area contributed by atoms with Crippen LogP contribution in [0.15, 0.2) is 17.6 Å². The molecule has 5 heteroatoms. The summed E-state index contributed by atoms with van der Waals surface area (Å²) in [6, 6.07) is 4.73. The third-order valence-corrected chi connectivity index (χ3v) is 5.07. The van der Waals surface area contributed by atoms with Gasteiger partial charge in [0.05, 0.1) is 21.6 Å². The van der Waals surface area contributed by atoms with E-state index in [2.05, 4.69) is 22.4 Å². The zero-order chi connectivity index (χ0) is 11.7. The summed E-state index contributed by atoms with van der Waals surface area (Å²) in [5.41, 5.74) is 10.8. The van der Waals surface area contributed by atoms with Crippen LogP contribution in [-0.4, -0.2) is 22.5 Å². The number of nitrogen functional groups attached to an aromatic ring is 1. The monoisotopic (exact) mass is 265 g/mol. The highest BCUT2D eigenvalue weighted by molar-refractivity contribution is 7.99. The Bertz CT molecular complexity index is 517. The maximum absolute atomic E-state index is 6.16. The first kappa shape index (κ1) is 11.2. The summed E-state index contributed by atoms with van der Waals surface area (Å²) in [5, 5.41) is 3.55. The van der Waals surface area contributed by atoms with Crippen LogP contribution < -0.4 is 11.1 Å². The van der Waals surface area contributed by atoms with Crippen molar-refractivity contribution in [3.05, 3.63) is 17.6 Å². The average Bonchev–Trinajstić information content (AvgIpc) is 2.83. The van der Waals surface area contributed by atoms with Gasteiger partial charge in [0, 0.05) is 11.8 Å². The normalized spacial score (nSPS) is 20.6. The fourth-order valence-corrected chi connectivity index (χ4v) is 3.92. The van der Waals surface area contributed by atoms with Gasteiger partial charge in [0.15, 0.2) is 0 Å². The molecule has 0 radical (unpaired) electrons. The zero-order valence-corrected chi connectivity index (χ0v) is 11.1. The van der Waals surface area contributed by atoms with Gasteiger partial charge in [0.25, 0.3) is 0 Å². The van der Waals surface area contributed by atoms with Gasteiger partial charge in [0.1, 0.15) is 5.52 Å². The molecule has 1 unspecified atom stereocenters. The number of anilines is 2. The van der Waals surface area contributed by atoms with Crippen molar-refractivity contribution >= 4 is 44.7 Å². The van der Waals surface area contributed by atoms with E-state index in [1.54, 1.807) is 11.3 Å². The molecule has 1 saturated heterocycles. The van der Waals surface area contributed by atoms with Gasteiger partial charge in [-0.2, -0.15) is 11.8 Å². The third kappa shape index (κ3) is 2.21. The number of thioether (sulfide) groups is 1. The van der Waals surface area contributed by atoms with E-state index in [1.807, 2.05) is 17.3 Å². The first-order chi connectivity index (χ1) is 8.34. The number of fused-ring (bicyclic) bond motifs is 1. The lowest BCUT2D eigenvalue weighted by atomic mass is 10.1. The summed E-state index contributed by atoms with van der Waals surface area (Å²) in [7, 11) is 0. The molecule has 1 aliphatic rings. The van der Waals surface area contributed by atoms with E-state index >= 15 is 0 Å². The molecule has 0 saturated carbocycles. The molecule has 0 spiro atoms. The number of hydrogen-bond acceptors (Lipinski definition) is 5. The average molecular weight is 265 g/mol. The maximum Gasteiger partial charge on any atom is 0.106 e. The maximum atomic E-state index is 6.16. The summed E-state index contributed by atoms with van der Waals surface area (Å²) in [5.74, 6) is 2.47. The Balaban J connectivity index is 1.86. The van der Waals surface area contributed by atoms with Crippen molar-refractivity contribution in [2.24, 2.45) is 0 Å². The molecule has 90 valence electrons. The van der Waals surface area contributed by atoms with E-state index in [0.717, 1.165) is 21.6 Å². The Labute approximate surface area is 109 Å².